The first-order valence-electron chi connectivity index (χ1n) is 4.49. The number of imidazole rings is 1. The maximum absolute atomic E-state index is 11.7. The molecule has 0 atom stereocenters. The zero-order valence-electron chi connectivity index (χ0n) is 8.27. The summed E-state index contributed by atoms with van der Waals surface area (Å²) >= 11 is 0. The number of amides is 1. The van der Waals surface area contributed by atoms with Crippen molar-refractivity contribution >= 4 is 5.91 Å². The summed E-state index contributed by atoms with van der Waals surface area (Å²) in [5.41, 5.74) is 0.684. The lowest BCUT2D eigenvalue weighted by Crippen LogP contribution is -2.38. The molecule has 0 saturated heterocycles. The number of nitrogens with zero attached hydrogens (tertiary/aromatic N) is 1. The Morgan fingerprint density at radius 3 is 2.81 bits per heavy atom. The highest BCUT2D eigenvalue weighted by molar-refractivity contribution is 5.77. The highest BCUT2D eigenvalue weighted by Gasteiger charge is 2.26. The Morgan fingerprint density at radius 2 is 2.25 bits per heavy atom. The van der Waals surface area contributed by atoms with E-state index in [9.17, 15) is 18.0 Å². The highest BCUT2D eigenvalue weighted by atomic mass is 19.4. The summed E-state index contributed by atoms with van der Waals surface area (Å²) in [6.07, 6.45) is -1.34. The zero-order chi connectivity index (χ0) is 12.0. The van der Waals surface area contributed by atoms with Crippen LogP contribution in [-0.4, -0.2) is 35.1 Å². The van der Waals surface area contributed by atoms with E-state index < -0.39 is 18.6 Å². The molecule has 0 bridgehead atoms. The highest BCUT2D eigenvalue weighted by Crippen LogP contribution is 2.11. The number of carbonyl (C=O) groups excluding carboxylic acids is 1. The minimum Gasteiger partial charge on any atom is -0.349 e. The molecule has 8 heteroatoms. The number of alkyl halides is 3. The van der Waals surface area contributed by atoms with Crippen molar-refractivity contribution in [2.75, 3.05) is 13.1 Å². The van der Waals surface area contributed by atoms with E-state index in [1.54, 1.807) is 0 Å². The first kappa shape index (κ1) is 12.5. The van der Waals surface area contributed by atoms with Gasteiger partial charge in [0, 0.05) is 6.20 Å². The lowest BCUT2D eigenvalue weighted by atomic mass is 10.4. The van der Waals surface area contributed by atoms with Crippen molar-refractivity contribution in [3.63, 3.8) is 0 Å². The monoisotopic (exact) mass is 236 g/mol. The maximum atomic E-state index is 11.7. The molecule has 0 aliphatic rings. The molecule has 0 saturated carbocycles. The Kier molecular flexibility index (Phi) is 4.29. The van der Waals surface area contributed by atoms with Gasteiger partial charge in [0.15, 0.2) is 0 Å². The summed E-state index contributed by atoms with van der Waals surface area (Å²) in [7, 11) is 0. The topological polar surface area (TPSA) is 69.8 Å². The van der Waals surface area contributed by atoms with Gasteiger partial charge in [-0.1, -0.05) is 0 Å². The van der Waals surface area contributed by atoms with Crippen LogP contribution in [0.5, 0.6) is 0 Å². The normalized spacial score (nSPS) is 11.4. The summed E-state index contributed by atoms with van der Waals surface area (Å²) < 4.78 is 35.1. The fourth-order valence-electron chi connectivity index (χ4n) is 0.955. The lowest BCUT2D eigenvalue weighted by molar-refractivity contribution is -0.128. The fourth-order valence-corrected chi connectivity index (χ4v) is 0.955. The average molecular weight is 236 g/mol. The Hall–Kier alpha value is -1.57. The van der Waals surface area contributed by atoms with Crippen LogP contribution in [0.4, 0.5) is 13.2 Å². The summed E-state index contributed by atoms with van der Waals surface area (Å²) in [5, 5.41) is 4.42. The van der Waals surface area contributed by atoms with Crippen molar-refractivity contribution in [1.29, 1.82) is 0 Å². The molecular weight excluding hydrogens is 225 g/mol. The van der Waals surface area contributed by atoms with Crippen molar-refractivity contribution in [3.8, 4) is 0 Å². The average Bonchev–Trinajstić information content (AvgIpc) is 2.65. The van der Waals surface area contributed by atoms with Gasteiger partial charge in [-0.25, -0.2) is 4.98 Å². The van der Waals surface area contributed by atoms with Crippen LogP contribution >= 0.6 is 0 Å². The van der Waals surface area contributed by atoms with Gasteiger partial charge in [-0.15, -0.1) is 0 Å². The van der Waals surface area contributed by atoms with E-state index >= 15 is 0 Å². The van der Waals surface area contributed by atoms with Crippen LogP contribution in [0.1, 0.15) is 5.69 Å². The predicted octanol–water partition coefficient (Wildman–Crippen LogP) is 0.178. The number of rotatable bonds is 5. The van der Waals surface area contributed by atoms with Crippen LogP contribution in [0, 0.1) is 0 Å². The van der Waals surface area contributed by atoms with Crippen molar-refractivity contribution in [1.82, 2.24) is 20.6 Å². The summed E-state index contributed by atoms with van der Waals surface area (Å²) in [6, 6.07) is 0. The van der Waals surface area contributed by atoms with Crippen molar-refractivity contribution in [2.45, 2.75) is 12.7 Å². The van der Waals surface area contributed by atoms with E-state index in [1.807, 2.05) is 5.32 Å². The van der Waals surface area contributed by atoms with Crippen LogP contribution in [0.3, 0.4) is 0 Å². The first-order chi connectivity index (χ1) is 7.47. The van der Waals surface area contributed by atoms with E-state index in [2.05, 4.69) is 15.3 Å². The van der Waals surface area contributed by atoms with Crippen LogP contribution in [-0.2, 0) is 11.3 Å². The number of hydrogen-bond donors (Lipinski definition) is 3. The van der Waals surface area contributed by atoms with Gasteiger partial charge in [0.25, 0.3) is 0 Å². The number of nitrogens with one attached hydrogen (secondary N) is 3. The molecule has 1 amide bonds. The van der Waals surface area contributed by atoms with E-state index in [0.717, 1.165) is 0 Å². The Bertz CT molecular complexity index is 323. The number of aromatic nitrogens is 2. The van der Waals surface area contributed by atoms with Crippen LogP contribution < -0.4 is 10.6 Å². The van der Waals surface area contributed by atoms with Crippen LogP contribution in [0.15, 0.2) is 12.5 Å². The van der Waals surface area contributed by atoms with E-state index in [0.29, 0.717) is 5.69 Å². The molecule has 0 aromatic carbocycles. The summed E-state index contributed by atoms with van der Waals surface area (Å²) in [4.78, 5) is 17.5. The molecule has 0 radical (unpaired) electrons. The van der Waals surface area contributed by atoms with E-state index in [-0.39, 0.29) is 13.1 Å². The molecule has 1 aromatic rings. The van der Waals surface area contributed by atoms with Crippen molar-refractivity contribution < 1.29 is 18.0 Å². The zero-order valence-corrected chi connectivity index (χ0v) is 8.27. The first-order valence-corrected chi connectivity index (χ1v) is 4.49. The van der Waals surface area contributed by atoms with E-state index in [1.165, 1.54) is 12.5 Å². The quantitative estimate of drug-likeness (QED) is 0.683. The molecule has 5 nitrogen and oxygen atoms in total. The van der Waals surface area contributed by atoms with Gasteiger partial charge >= 0.3 is 6.18 Å². The minimum absolute atomic E-state index is 0.215. The molecule has 0 aliphatic heterocycles. The number of halogens is 3. The Morgan fingerprint density at radius 1 is 1.50 bits per heavy atom. The fraction of sp³-hybridized carbons (Fsp3) is 0.500. The second-order valence-corrected chi connectivity index (χ2v) is 3.07. The van der Waals surface area contributed by atoms with Gasteiger partial charge in [0.2, 0.25) is 5.91 Å². The Balaban J connectivity index is 2.12. The van der Waals surface area contributed by atoms with Crippen molar-refractivity contribution in [3.05, 3.63) is 18.2 Å². The molecule has 1 aromatic heterocycles. The van der Waals surface area contributed by atoms with Crippen LogP contribution in [0.2, 0.25) is 0 Å². The molecule has 16 heavy (non-hydrogen) atoms. The number of hydrogen-bond acceptors (Lipinski definition) is 3. The maximum Gasteiger partial charge on any atom is 0.401 e. The molecular formula is C8H11F3N4O. The number of carbonyl (C=O) groups is 1. The van der Waals surface area contributed by atoms with Crippen molar-refractivity contribution in [2.24, 2.45) is 0 Å². The molecule has 3 N–H and O–H groups in total. The molecule has 0 unspecified atom stereocenters. The standard InChI is InChI=1S/C8H11F3N4O/c9-8(10,11)4-12-3-7(16)14-2-6-1-13-5-15-6/h1,5,12H,2-4H2,(H,13,15)(H,14,16). The molecule has 90 valence electrons. The molecule has 0 fully saturated rings. The largest absolute Gasteiger partial charge is 0.401 e. The smallest absolute Gasteiger partial charge is 0.349 e. The molecule has 0 aliphatic carbocycles. The van der Waals surface area contributed by atoms with Crippen LogP contribution in [0.25, 0.3) is 0 Å². The second kappa shape index (κ2) is 5.50. The predicted molar refractivity (Wildman–Crippen MR) is 49.4 cm³/mol. The number of aromatic amines is 1. The Labute approximate surface area is 89.4 Å². The summed E-state index contributed by atoms with van der Waals surface area (Å²) in [5.74, 6) is -0.501. The van der Waals surface area contributed by atoms with E-state index in [4.69, 9.17) is 0 Å². The third kappa shape index (κ3) is 5.35. The van der Waals surface area contributed by atoms with Gasteiger partial charge in [-0.2, -0.15) is 13.2 Å². The minimum atomic E-state index is -4.30. The lowest BCUT2D eigenvalue weighted by Gasteiger charge is -2.08. The SMILES string of the molecule is O=C(CNCC(F)(F)F)NCc1cnc[nH]1. The third-order valence-corrected chi connectivity index (χ3v) is 1.64. The second-order valence-electron chi connectivity index (χ2n) is 3.07. The van der Waals surface area contributed by atoms with Gasteiger partial charge < -0.3 is 15.6 Å². The molecule has 1 rings (SSSR count). The van der Waals surface area contributed by atoms with Gasteiger partial charge in [-0.05, 0) is 0 Å². The van der Waals surface area contributed by atoms with Gasteiger partial charge in [0.05, 0.1) is 31.7 Å². The third-order valence-electron chi connectivity index (χ3n) is 1.64. The summed E-state index contributed by atoms with van der Waals surface area (Å²) in [6.45, 7) is -1.33. The van der Waals surface area contributed by atoms with Gasteiger partial charge in [0.1, 0.15) is 0 Å². The van der Waals surface area contributed by atoms with Gasteiger partial charge in [-0.3, -0.25) is 4.79 Å². The number of H-pyrrole nitrogens is 1. The molecule has 0 spiro atoms. The molecule has 1 heterocycles.